The average molecular weight is 248 g/mol. The third-order valence-electron chi connectivity index (χ3n) is 4.35. The van der Waals surface area contributed by atoms with Crippen LogP contribution in [0.1, 0.15) is 44.9 Å². The predicted octanol–water partition coefficient (Wildman–Crippen LogP) is 2.02. The lowest BCUT2D eigenvalue weighted by molar-refractivity contribution is 0.313. The van der Waals surface area contributed by atoms with E-state index < -0.39 is 0 Å². The molecule has 2 aliphatic carbocycles. The SMILES string of the molecule is N#CC1CCC(CNC(N)=NCC2CCC2)CC1. The van der Waals surface area contributed by atoms with Crippen LogP contribution < -0.4 is 11.1 Å². The molecule has 2 rings (SSSR count). The molecule has 2 saturated carbocycles. The van der Waals surface area contributed by atoms with Gasteiger partial charge in [-0.15, -0.1) is 0 Å². The van der Waals surface area contributed by atoms with Gasteiger partial charge in [-0.1, -0.05) is 6.42 Å². The maximum absolute atomic E-state index is 8.84. The second-order valence-corrected chi connectivity index (χ2v) is 5.75. The van der Waals surface area contributed by atoms with E-state index in [9.17, 15) is 0 Å². The zero-order valence-electron chi connectivity index (χ0n) is 11.1. The molecule has 3 N–H and O–H groups in total. The van der Waals surface area contributed by atoms with E-state index in [1.165, 1.54) is 19.3 Å². The lowest BCUT2D eigenvalue weighted by Gasteiger charge is -2.25. The summed E-state index contributed by atoms with van der Waals surface area (Å²) in [5, 5.41) is 12.1. The minimum absolute atomic E-state index is 0.283. The van der Waals surface area contributed by atoms with Crippen LogP contribution in [0.4, 0.5) is 0 Å². The summed E-state index contributed by atoms with van der Waals surface area (Å²) in [6, 6.07) is 2.37. The van der Waals surface area contributed by atoms with Crippen molar-refractivity contribution in [2.24, 2.45) is 28.5 Å². The Bertz CT molecular complexity index is 319. The molecule has 18 heavy (non-hydrogen) atoms. The Morgan fingerprint density at radius 2 is 1.89 bits per heavy atom. The number of guanidine groups is 1. The highest BCUT2D eigenvalue weighted by molar-refractivity contribution is 5.77. The van der Waals surface area contributed by atoms with Crippen LogP contribution in [0.3, 0.4) is 0 Å². The predicted molar refractivity (Wildman–Crippen MR) is 72.9 cm³/mol. The van der Waals surface area contributed by atoms with Crippen LogP contribution in [0, 0.1) is 29.1 Å². The monoisotopic (exact) mass is 248 g/mol. The van der Waals surface area contributed by atoms with Crippen molar-refractivity contribution in [3.8, 4) is 6.07 Å². The van der Waals surface area contributed by atoms with Crippen LogP contribution >= 0.6 is 0 Å². The molecule has 0 aromatic carbocycles. The highest BCUT2D eigenvalue weighted by Crippen LogP contribution is 2.28. The molecule has 0 amide bonds. The smallest absolute Gasteiger partial charge is 0.188 e. The summed E-state index contributed by atoms with van der Waals surface area (Å²) in [6.07, 6.45) is 8.35. The van der Waals surface area contributed by atoms with Crippen molar-refractivity contribution in [3.05, 3.63) is 0 Å². The average Bonchev–Trinajstić information content (AvgIpc) is 2.35. The zero-order valence-corrected chi connectivity index (χ0v) is 11.1. The van der Waals surface area contributed by atoms with Gasteiger partial charge in [0.25, 0.3) is 0 Å². The molecule has 0 unspecified atom stereocenters. The molecule has 100 valence electrons. The number of hydrogen-bond donors (Lipinski definition) is 2. The number of nitrogens with one attached hydrogen (secondary N) is 1. The molecular weight excluding hydrogens is 224 g/mol. The minimum Gasteiger partial charge on any atom is -0.370 e. The lowest BCUT2D eigenvalue weighted by atomic mass is 9.83. The number of nitrogens with two attached hydrogens (primary N) is 1. The largest absolute Gasteiger partial charge is 0.370 e. The van der Waals surface area contributed by atoms with E-state index in [0.717, 1.165) is 44.7 Å². The van der Waals surface area contributed by atoms with Crippen molar-refractivity contribution in [1.29, 1.82) is 5.26 Å². The van der Waals surface area contributed by atoms with Gasteiger partial charge < -0.3 is 11.1 Å². The number of nitrogens with zero attached hydrogens (tertiary/aromatic N) is 2. The minimum atomic E-state index is 0.283. The molecule has 0 saturated heterocycles. The maximum atomic E-state index is 8.84. The van der Waals surface area contributed by atoms with Gasteiger partial charge in [-0.25, -0.2) is 0 Å². The molecule has 4 nitrogen and oxygen atoms in total. The summed E-state index contributed by atoms with van der Waals surface area (Å²) < 4.78 is 0. The number of aliphatic imine (C=N–C) groups is 1. The van der Waals surface area contributed by atoms with Crippen LogP contribution in [0.25, 0.3) is 0 Å². The van der Waals surface area contributed by atoms with Gasteiger partial charge in [-0.05, 0) is 50.4 Å². The van der Waals surface area contributed by atoms with Crippen molar-refractivity contribution in [2.75, 3.05) is 13.1 Å². The molecule has 2 fully saturated rings. The van der Waals surface area contributed by atoms with E-state index in [2.05, 4.69) is 16.4 Å². The Morgan fingerprint density at radius 3 is 2.44 bits per heavy atom. The highest BCUT2D eigenvalue weighted by atomic mass is 15.1. The van der Waals surface area contributed by atoms with Crippen molar-refractivity contribution in [1.82, 2.24) is 5.32 Å². The van der Waals surface area contributed by atoms with Crippen molar-refractivity contribution < 1.29 is 0 Å². The second-order valence-electron chi connectivity index (χ2n) is 5.75. The third kappa shape index (κ3) is 3.90. The van der Waals surface area contributed by atoms with Crippen molar-refractivity contribution >= 4 is 5.96 Å². The Kier molecular flexibility index (Phi) is 4.86. The topological polar surface area (TPSA) is 74.2 Å². The van der Waals surface area contributed by atoms with E-state index in [1.54, 1.807) is 0 Å². The normalized spacial score (nSPS) is 29.4. The van der Waals surface area contributed by atoms with E-state index in [-0.39, 0.29) is 5.92 Å². The van der Waals surface area contributed by atoms with Gasteiger partial charge in [0.1, 0.15) is 0 Å². The Morgan fingerprint density at radius 1 is 1.17 bits per heavy atom. The first-order valence-electron chi connectivity index (χ1n) is 7.21. The van der Waals surface area contributed by atoms with Gasteiger partial charge >= 0.3 is 0 Å². The van der Waals surface area contributed by atoms with E-state index in [0.29, 0.717) is 11.9 Å². The Balaban J connectivity index is 1.60. The van der Waals surface area contributed by atoms with Gasteiger partial charge in [0, 0.05) is 19.0 Å². The molecule has 2 aliphatic rings. The molecule has 0 aliphatic heterocycles. The first-order valence-corrected chi connectivity index (χ1v) is 7.21. The van der Waals surface area contributed by atoms with Crippen LogP contribution in [-0.4, -0.2) is 19.0 Å². The van der Waals surface area contributed by atoms with Crippen LogP contribution in [-0.2, 0) is 0 Å². The van der Waals surface area contributed by atoms with Crippen LogP contribution in [0.2, 0.25) is 0 Å². The van der Waals surface area contributed by atoms with E-state index >= 15 is 0 Å². The maximum Gasteiger partial charge on any atom is 0.188 e. The summed E-state index contributed by atoms with van der Waals surface area (Å²) in [5.41, 5.74) is 5.86. The van der Waals surface area contributed by atoms with Gasteiger partial charge in [0.2, 0.25) is 0 Å². The quantitative estimate of drug-likeness (QED) is 0.590. The fourth-order valence-corrected chi connectivity index (χ4v) is 2.70. The molecular formula is C14H24N4. The second kappa shape index (κ2) is 6.63. The molecule has 0 aromatic rings. The molecule has 0 spiro atoms. The first kappa shape index (κ1) is 13.2. The number of hydrogen-bond acceptors (Lipinski definition) is 2. The molecule has 0 radical (unpaired) electrons. The standard InChI is InChI=1S/C14H24N4/c15-8-11-4-6-13(7-5-11)10-18-14(16)17-9-12-2-1-3-12/h11-13H,1-7,9-10H2,(H3,16,17,18). The molecule has 0 bridgehead atoms. The summed E-state index contributed by atoms with van der Waals surface area (Å²) in [7, 11) is 0. The third-order valence-corrected chi connectivity index (χ3v) is 4.35. The Hall–Kier alpha value is -1.24. The summed E-state index contributed by atoms with van der Waals surface area (Å²) >= 11 is 0. The van der Waals surface area contributed by atoms with Gasteiger partial charge in [-0.3, -0.25) is 4.99 Å². The summed E-state index contributed by atoms with van der Waals surface area (Å²) in [4.78, 5) is 4.39. The molecule has 0 aromatic heterocycles. The molecule has 0 heterocycles. The Labute approximate surface area is 110 Å². The summed E-state index contributed by atoms with van der Waals surface area (Å²) in [5.74, 6) is 2.32. The number of rotatable bonds is 4. The lowest BCUT2D eigenvalue weighted by Crippen LogP contribution is -2.37. The summed E-state index contributed by atoms with van der Waals surface area (Å²) in [6.45, 7) is 1.80. The van der Waals surface area contributed by atoms with Gasteiger partial charge in [0.05, 0.1) is 6.07 Å². The molecule has 4 heteroatoms. The van der Waals surface area contributed by atoms with Crippen LogP contribution in [0.15, 0.2) is 4.99 Å². The van der Waals surface area contributed by atoms with E-state index in [1.807, 2.05) is 0 Å². The number of nitriles is 1. The van der Waals surface area contributed by atoms with E-state index in [4.69, 9.17) is 11.0 Å². The van der Waals surface area contributed by atoms with Gasteiger partial charge in [0.15, 0.2) is 5.96 Å². The fraction of sp³-hybridized carbons (Fsp3) is 0.857. The van der Waals surface area contributed by atoms with Crippen molar-refractivity contribution in [2.45, 2.75) is 44.9 Å². The fourth-order valence-electron chi connectivity index (χ4n) is 2.70. The van der Waals surface area contributed by atoms with Crippen LogP contribution in [0.5, 0.6) is 0 Å². The molecule has 0 atom stereocenters. The van der Waals surface area contributed by atoms with Gasteiger partial charge in [-0.2, -0.15) is 5.26 Å². The first-order chi connectivity index (χ1) is 8.78. The zero-order chi connectivity index (χ0) is 12.8. The van der Waals surface area contributed by atoms with Crippen molar-refractivity contribution in [3.63, 3.8) is 0 Å². The highest BCUT2D eigenvalue weighted by Gasteiger charge is 2.20.